The number of hydrogen-bond acceptors (Lipinski definition) is 3. The predicted molar refractivity (Wildman–Crippen MR) is 66.4 cm³/mol. The first-order valence-electron chi connectivity index (χ1n) is 6.18. The Morgan fingerprint density at radius 3 is 2.69 bits per heavy atom. The maximum absolute atomic E-state index is 12.2. The normalized spacial score (nSPS) is 27.3. The van der Waals surface area contributed by atoms with Crippen LogP contribution in [0.25, 0.3) is 0 Å². The minimum atomic E-state index is 0.0205. The molecule has 0 saturated carbocycles. The Morgan fingerprint density at radius 1 is 1.44 bits per heavy atom. The first kappa shape index (κ1) is 13.5. The van der Waals surface area contributed by atoms with E-state index in [0.29, 0.717) is 6.04 Å². The molecular formula is C12H25N3O. The van der Waals surface area contributed by atoms with Crippen LogP contribution in [0.3, 0.4) is 0 Å². The quantitative estimate of drug-likeness (QED) is 0.761. The van der Waals surface area contributed by atoms with Gasteiger partial charge in [-0.3, -0.25) is 4.79 Å². The van der Waals surface area contributed by atoms with Crippen LogP contribution in [-0.4, -0.2) is 62.0 Å². The van der Waals surface area contributed by atoms with E-state index >= 15 is 0 Å². The second-order valence-electron chi connectivity index (χ2n) is 4.96. The van der Waals surface area contributed by atoms with E-state index in [0.717, 1.165) is 32.4 Å². The molecule has 1 aliphatic heterocycles. The fourth-order valence-corrected chi connectivity index (χ4v) is 2.22. The van der Waals surface area contributed by atoms with E-state index in [1.54, 1.807) is 0 Å². The lowest BCUT2D eigenvalue weighted by Crippen LogP contribution is -2.48. The van der Waals surface area contributed by atoms with Crippen molar-refractivity contribution in [3.63, 3.8) is 0 Å². The SMILES string of the molecule is CNC1CCCC(C)N(CCN(C)C)C1=O. The van der Waals surface area contributed by atoms with E-state index in [9.17, 15) is 4.79 Å². The Balaban J connectivity index is 2.63. The summed E-state index contributed by atoms with van der Waals surface area (Å²) in [6.45, 7) is 3.93. The molecule has 0 aromatic rings. The highest BCUT2D eigenvalue weighted by Crippen LogP contribution is 2.17. The molecule has 1 N–H and O–H groups in total. The van der Waals surface area contributed by atoms with E-state index in [1.807, 2.05) is 26.0 Å². The Labute approximate surface area is 99.0 Å². The number of carbonyl (C=O) groups excluding carboxylic acids is 1. The summed E-state index contributed by atoms with van der Waals surface area (Å²) in [5.41, 5.74) is 0. The van der Waals surface area contributed by atoms with Gasteiger partial charge in [0.1, 0.15) is 0 Å². The zero-order chi connectivity index (χ0) is 12.1. The van der Waals surface area contributed by atoms with Gasteiger partial charge in [0.2, 0.25) is 5.91 Å². The fourth-order valence-electron chi connectivity index (χ4n) is 2.22. The Bertz CT molecular complexity index is 230. The fraction of sp³-hybridized carbons (Fsp3) is 0.917. The molecule has 0 aliphatic carbocycles. The summed E-state index contributed by atoms with van der Waals surface area (Å²) < 4.78 is 0. The molecule has 0 aromatic carbocycles. The average Bonchev–Trinajstić information content (AvgIpc) is 2.35. The van der Waals surface area contributed by atoms with Crippen molar-refractivity contribution in [2.75, 3.05) is 34.2 Å². The molecule has 1 saturated heterocycles. The minimum Gasteiger partial charge on any atom is -0.337 e. The van der Waals surface area contributed by atoms with Crippen molar-refractivity contribution in [1.82, 2.24) is 15.1 Å². The zero-order valence-electron chi connectivity index (χ0n) is 11.0. The summed E-state index contributed by atoms with van der Waals surface area (Å²) in [4.78, 5) is 16.4. The van der Waals surface area contributed by atoms with Crippen LogP contribution in [0.1, 0.15) is 26.2 Å². The lowest BCUT2D eigenvalue weighted by molar-refractivity contribution is -0.134. The molecule has 94 valence electrons. The summed E-state index contributed by atoms with van der Waals surface area (Å²) in [7, 11) is 5.97. The number of likely N-dealkylation sites (tertiary alicyclic amines) is 1. The Morgan fingerprint density at radius 2 is 2.12 bits per heavy atom. The van der Waals surface area contributed by atoms with Gasteiger partial charge in [0.05, 0.1) is 6.04 Å². The van der Waals surface area contributed by atoms with Gasteiger partial charge in [-0.2, -0.15) is 0 Å². The van der Waals surface area contributed by atoms with Gasteiger partial charge >= 0.3 is 0 Å². The van der Waals surface area contributed by atoms with Gasteiger partial charge in [-0.05, 0) is 47.3 Å². The third-order valence-corrected chi connectivity index (χ3v) is 3.36. The smallest absolute Gasteiger partial charge is 0.239 e. The van der Waals surface area contributed by atoms with Crippen molar-refractivity contribution in [2.45, 2.75) is 38.3 Å². The molecule has 2 unspecified atom stereocenters. The molecule has 0 radical (unpaired) electrons. The van der Waals surface area contributed by atoms with Gasteiger partial charge in [0.25, 0.3) is 0 Å². The highest BCUT2D eigenvalue weighted by molar-refractivity contribution is 5.82. The molecule has 1 rings (SSSR count). The molecule has 1 amide bonds. The number of likely N-dealkylation sites (N-methyl/N-ethyl adjacent to an activating group) is 2. The topological polar surface area (TPSA) is 35.6 Å². The summed E-state index contributed by atoms with van der Waals surface area (Å²) in [6.07, 6.45) is 3.23. The van der Waals surface area contributed by atoms with E-state index in [1.165, 1.54) is 0 Å². The number of amides is 1. The number of nitrogens with one attached hydrogen (secondary N) is 1. The summed E-state index contributed by atoms with van der Waals surface area (Å²) >= 11 is 0. The van der Waals surface area contributed by atoms with Crippen molar-refractivity contribution in [3.05, 3.63) is 0 Å². The van der Waals surface area contributed by atoms with Crippen LogP contribution in [0.5, 0.6) is 0 Å². The second-order valence-corrected chi connectivity index (χ2v) is 4.96. The van der Waals surface area contributed by atoms with Gasteiger partial charge in [-0.15, -0.1) is 0 Å². The monoisotopic (exact) mass is 227 g/mol. The third-order valence-electron chi connectivity index (χ3n) is 3.36. The van der Waals surface area contributed by atoms with Crippen molar-refractivity contribution in [1.29, 1.82) is 0 Å². The molecule has 0 spiro atoms. The second kappa shape index (κ2) is 6.21. The number of rotatable bonds is 4. The van der Waals surface area contributed by atoms with E-state index in [2.05, 4.69) is 17.1 Å². The third kappa shape index (κ3) is 3.46. The molecule has 0 bridgehead atoms. The molecule has 0 aromatic heterocycles. The maximum atomic E-state index is 12.2. The maximum Gasteiger partial charge on any atom is 0.239 e. The van der Waals surface area contributed by atoms with Crippen molar-refractivity contribution < 1.29 is 4.79 Å². The first-order valence-corrected chi connectivity index (χ1v) is 6.18. The van der Waals surface area contributed by atoms with Crippen LogP contribution in [0.2, 0.25) is 0 Å². The molecule has 1 heterocycles. The van der Waals surface area contributed by atoms with Crippen LogP contribution < -0.4 is 5.32 Å². The van der Waals surface area contributed by atoms with Gasteiger partial charge in [-0.25, -0.2) is 0 Å². The zero-order valence-corrected chi connectivity index (χ0v) is 11.0. The van der Waals surface area contributed by atoms with Crippen LogP contribution in [0.15, 0.2) is 0 Å². The number of nitrogens with zero attached hydrogens (tertiary/aromatic N) is 2. The molecular weight excluding hydrogens is 202 g/mol. The van der Waals surface area contributed by atoms with E-state index < -0.39 is 0 Å². The molecule has 4 nitrogen and oxygen atoms in total. The number of hydrogen-bond donors (Lipinski definition) is 1. The van der Waals surface area contributed by atoms with E-state index in [4.69, 9.17) is 0 Å². The van der Waals surface area contributed by atoms with Crippen LogP contribution in [0.4, 0.5) is 0 Å². The largest absolute Gasteiger partial charge is 0.337 e. The van der Waals surface area contributed by atoms with E-state index in [-0.39, 0.29) is 11.9 Å². The highest BCUT2D eigenvalue weighted by atomic mass is 16.2. The lowest BCUT2D eigenvalue weighted by Gasteiger charge is -2.30. The summed E-state index contributed by atoms with van der Waals surface area (Å²) in [5, 5.41) is 3.13. The highest BCUT2D eigenvalue weighted by Gasteiger charge is 2.29. The summed E-state index contributed by atoms with van der Waals surface area (Å²) in [5.74, 6) is 0.273. The molecule has 2 atom stereocenters. The molecule has 1 aliphatic rings. The molecule has 1 fully saturated rings. The predicted octanol–water partition coefficient (Wildman–Crippen LogP) is 0.537. The van der Waals surface area contributed by atoms with Crippen LogP contribution >= 0.6 is 0 Å². The van der Waals surface area contributed by atoms with Crippen molar-refractivity contribution >= 4 is 5.91 Å². The first-order chi connectivity index (χ1) is 7.56. The van der Waals surface area contributed by atoms with Crippen LogP contribution in [-0.2, 0) is 4.79 Å². The molecule has 16 heavy (non-hydrogen) atoms. The van der Waals surface area contributed by atoms with Gasteiger partial charge in [-0.1, -0.05) is 0 Å². The number of carbonyl (C=O) groups is 1. The van der Waals surface area contributed by atoms with Gasteiger partial charge < -0.3 is 15.1 Å². The average molecular weight is 227 g/mol. The Hall–Kier alpha value is -0.610. The summed E-state index contributed by atoms with van der Waals surface area (Å²) in [6, 6.07) is 0.401. The Kier molecular flexibility index (Phi) is 5.22. The van der Waals surface area contributed by atoms with Crippen molar-refractivity contribution in [3.8, 4) is 0 Å². The van der Waals surface area contributed by atoms with Gasteiger partial charge in [0, 0.05) is 19.1 Å². The minimum absolute atomic E-state index is 0.0205. The standard InChI is InChI=1S/C12H25N3O/c1-10-6-5-7-11(13-2)12(16)15(10)9-8-14(3)4/h10-11,13H,5-9H2,1-4H3. The van der Waals surface area contributed by atoms with Gasteiger partial charge in [0.15, 0.2) is 0 Å². The van der Waals surface area contributed by atoms with Crippen LogP contribution in [0, 0.1) is 0 Å². The lowest BCUT2D eigenvalue weighted by atomic mass is 10.1. The van der Waals surface area contributed by atoms with Crippen molar-refractivity contribution in [2.24, 2.45) is 0 Å². The molecule has 4 heteroatoms.